The number of nitrogens with one attached hydrogen (secondary N) is 2. The van der Waals surface area contributed by atoms with Gasteiger partial charge in [-0.15, -0.1) is 0 Å². The molecule has 0 fully saturated rings. The van der Waals surface area contributed by atoms with Gasteiger partial charge in [0.2, 0.25) is 0 Å². The second-order valence-corrected chi connectivity index (χ2v) is 3.66. The van der Waals surface area contributed by atoms with E-state index in [0.717, 1.165) is 5.56 Å². The van der Waals surface area contributed by atoms with Gasteiger partial charge in [0.05, 0.1) is 0 Å². The van der Waals surface area contributed by atoms with Crippen LogP contribution >= 0.6 is 12.2 Å². The molecule has 3 N–H and O–H groups in total. The van der Waals surface area contributed by atoms with E-state index in [-0.39, 0.29) is 5.82 Å². The van der Waals surface area contributed by atoms with Crippen LogP contribution < -0.4 is 5.32 Å². The summed E-state index contributed by atoms with van der Waals surface area (Å²) in [6, 6.07) is 3.27. The summed E-state index contributed by atoms with van der Waals surface area (Å²) in [5.74, 6) is 0.905. The summed E-state index contributed by atoms with van der Waals surface area (Å²) in [5.41, 5.74) is 0.746. The molecule has 8 heteroatoms. The Labute approximate surface area is 101 Å². The zero-order valence-electron chi connectivity index (χ0n) is 8.84. The van der Waals surface area contributed by atoms with Gasteiger partial charge in [-0.3, -0.25) is 10.4 Å². The molecule has 0 radical (unpaired) electrons. The number of aromatic amines is 1. The van der Waals surface area contributed by atoms with Crippen LogP contribution in [0.1, 0.15) is 0 Å². The highest BCUT2D eigenvalue weighted by molar-refractivity contribution is 7.71. The zero-order valence-corrected chi connectivity index (χ0v) is 9.65. The standard InChI is InChI=1S/C9H9N5O2S/c1-14-7(12-13-8(14)17)5-2-3-6(10-4-5)11-9(15)16/h2-4H,1H3,(H,10,11)(H,13,17)(H,15,16). The number of hydrogen-bond donors (Lipinski definition) is 3. The Kier molecular flexibility index (Phi) is 2.88. The lowest BCUT2D eigenvalue weighted by atomic mass is 10.2. The Morgan fingerprint density at radius 2 is 2.35 bits per heavy atom. The van der Waals surface area contributed by atoms with Crippen molar-refractivity contribution in [1.82, 2.24) is 19.7 Å². The van der Waals surface area contributed by atoms with Crippen molar-refractivity contribution in [2.24, 2.45) is 7.05 Å². The molecule has 0 atom stereocenters. The first-order chi connectivity index (χ1) is 8.08. The molecule has 2 aromatic heterocycles. The van der Waals surface area contributed by atoms with Crippen molar-refractivity contribution in [3.8, 4) is 11.4 Å². The van der Waals surface area contributed by atoms with E-state index in [1.165, 1.54) is 6.20 Å². The summed E-state index contributed by atoms with van der Waals surface area (Å²) in [5, 5.41) is 17.4. The Morgan fingerprint density at radius 3 is 2.82 bits per heavy atom. The number of pyridine rings is 1. The first-order valence-electron chi connectivity index (χ1n) is 4.65. The molecular formula is C9H9N5O2S. The van der Waals surface area contributed by atoms with E-state index in [9.17, 15) is 4.79 Å². The molecule has 1 amide bonds. The van der Waals surface area contributed by atoms with Crippen molar-refractivity contribution in [3.05, 3.63) is 23.1 Å². The zero-order chi connectivity index (χ0) is 12.4. The SMILES string of the molecule is Cn1c(-c2ccc(NC(=O)O)nc2)n[nH]c1=S. The normalized spacial score (nSPS) is 10.2. The average Bonchev–Trinajstić information content (AvgIpc) is 2.60. The van der Waals surface area contributed by atoms with Gasteiger partial charge in [0.25, 0.3) is 0 Å². The lowest BCUT2D eigenvalue weighted by Crippen LogP contribution is -2.08. The van der Waals surface area contributed by atoms with Gasteiger partial charge in [0, 0.05) is 18.8 Å². The summed E-state index contributed by atoms with van der Waals surface area (Å²) >= 11 is 4.99. The van der Waals surface area contributed by atoms with Gasteiger partial charge in [0.1, 0.15) is 5.82 Å². The lowest BCUT2D eigenvalue weighted by molar-refractivity contribution is 0.209. The average molecular weight is 251 g/mol. The lowest BCUT2D eigenvalue weighted by Gasteiger charge is -2.02. The summed E-state index contributed by atoms with van der Waals surface area (Å²) in [6.45, 7) is 0. The van der Waals surface area contributed by atoms with E-state index in [4.69, 9.17) is 17.3 Å². The fraction of sp³-hybridized carbons (Fsp3) is 0.111. The molecule has 0 saturated carbocycles. The van der Waals surface area contributed by atoms with Gasteiger partial charge in [-0.05, 0) is 24.4 Å². The third-order valence-corrected chi connectivity index (χ3v) is 2.50. The molecular weight excluding hydrogens is 242 g/mol. The van der Waals surface area contributed by atoms with Gasteiger partial charge in [-0.25, -0.2) is 9.78 Å². The van der Waals surface area contributed by atoms with Crippen molar-refractivity contribution in [2.75, 3.05) is 5.32 Å². The highest BCUT2D eigenvalue weighted by Gasteiger charge is 2.06. The number of aromatic nitrogens is 4. The Hall–Kier alpha value is -2.22. The van der Waals surface area contributed by atoms with Gasteiger partial charge < -0.3 is 9.67 Å². The Morgan fingerprint density at radius 1 is 1.59 bits per heavy atom. The molecule has 0 aromatic carbocycles. The van der Waals surface area contributed by atoms with E-state index >= 15 is 0 Å². The Bertz CT molecular complexity index is 601. The van der Waals surface area contributed by atoms with Crippen LogP contribution in [-0.2, 0) is 7.05 Å². The quantitative estimate of drug-likeness (QED) is 0.705. The van der Waals surface area contributed by atoms with E-state index in [1.54, 1.807) is 23.7 Å². The fourth-order valence-corrected chi connectivity index (χ4v) is 1.45. The second kappa shape index (κ2) is 4.34. The van der Waals surface area contributed by atoms with Crippen molar-refractivity contribution >= 4 is 24.1 Å². The number of H-pyrrole nitrogens is 1. The summed E-state index contributed by atoms with van der Waals surface area (Å²) in [7, 11) is 1.78. The summed E-state index contributed by atoms with van der Waals surface area (Å²) in [4.78, 5) is 14.3. The fourth-order valence-electron chi connectivity index (χ4n) is 1.31. The number of nitrogens with zero attached hydrogens (tertiary/aromatic N) is 3. The molecule has 0 aliphatic rings. The minimum Gasteiger partial charge on any atom is -0.465 e. The number of rotatable bonds is 2. The minimum absolute atomic E-state index is 0.262. The maximum atomic E-state index is 10.4. The first kappa shape index (κ1) is 11.3. The second-order valence-electron chi connectivity index (χ2n) is 3.27. The van der Waals surface area contributed by atoms with Crippen LogP contribution in [0.2, 0.25) is 0 Å². The van der Waals surface area contributed by atoms with E-state index in [0.29, 0.717) is 10.6 Å². The maximum Gasteiger partial charge on any atom is 0.410 e. The van der Waals surface area contributed by atoms with Gasteiger partial charge in [-0.2, -0.15) is 5.10 Å². The summed E-state index contributed by atoms with van der Waals surface area (Å²) in [6.07, 6.45) is 0.374. The third kappa shape index (κ3) is 2.31. The van der Waals surface area contributed by atoms with Crippen LogP contribution in [0.4, 0.5) is 10.6 Å². The predicted molar refractivity (Wildman–Crippen MR) is 63.3 cm³/mol. The van der Waals surface area contributed by atoms with Gasteiger partial charge in [-0.1, -0.05) is 0 Å². The maximum absolute atomic E-state index is 10.4. The van der Waals surface area contributed by atoms with Crippen LogP contribution in [0.25, 0.3) is 11.4 Å². The van der Waals surface area contributed by atoms with Crippen LogP contribution in [0.3, 0.4) is 0 Å². The van der Waals surface area contributed by atoms with Crippen molar-refractivity contribution in [1.29, 1.82) is 0 Å². The third-order valence-electron chi connectivity index (χ3n) is 2.14. The molecule has 0 aliphatic carbocycles. The van der Waals surface area contributed by atoms with Crippen LogP contribution in [0, 0.1) is 4.77 Å². The highest BCUT2D eigenvalue weighted by Crippen LogP contribution is 2.16. The van der Waals surface area contributed by atoms with Crippen LogP contribution in [0.15, 0.2) is 18.3 Å². The molecule has 7 nitrogen and oxygen atoms in total. The molecule has 2 rings (SSSR count). The molecule has 17 heavy (non-hydrogen) atoms. The number of carbonyl (C=O) groups is 1. The monoisotopic (exact) mass is 251 g/mol. The van der Waals surface area contributed by atoms with Gasteiger partial charge in [0.15, 0.2) is 10.6 Å². The summed E-state index contributed by atoms with van der Waals surface area (Å²) < 4.78 is 2.21. The number of carboxylic acid groups (broad SMARTS) is 1. The minimum atomic E-state index is -1.15. The molecule has 0 unspecified atom stereocenters. The number of hydrogen-bond acceptors (Lipinski definition) is 4. The molecule has 0 aliphatic heterocycles. The van der Waals surface area contributed by atoms with Crippen LogP contribution in [0.5, 0.6) is 0 Å². The van der Waals surface area contributed by atoms with E-state index in [2.05, 4.69) is 20.5 Å². The largest absolute Gasteiger partial charge is 0.465 e. The van der Waals surface area contributed by atoms with Crippen molar-refractivity contribution in [3.63, 3.8) is 0 Å². The van der Waals surface area contributed by atoms with Crippen molar-refractivity contribution in [2.45, 2.75) is 0 Å². The predicted octanol–water partition coefficient (Wildman–Crippen LogP) is 1.63. The molecule has 0 saturated heterocycles. The van der Waals surface area contributed by atoms with Gasteiger partial charge >= 0.3 is 6.09 Å². The molecule has 0 bridgehead atoms. The first-order valence-corrected chi connectivity index (χ1v) is 5.06. The molecule has 2 aromatic rings. The number of anilines is 1. The van der Waals surface area contributed by atoms with E-state index in [1.807, 2.05) is 0 Å². The number of amides is 1. The molecule has 0 spiro atoms. The molecule has 88 valence electrons. The van der Waals surface area contributed by atoms with E-state index < -0.39 is 6.09 Å². The topological polar surface area (TPSA) is 95.8 Å². The van der Waals surface area contributed by atoms with Crippen LogP contribution in [-0.4, -0.2) is 30.9 Å². The highest BCUT2D eigenvalue weighted by atomic mass is 32.1. The molecule has 2 heterocycles. The van der Waals surface area contributed by atoms with Crippen molar-refractivity contribution < 1.29 is 9.90 Å². The smallest absolute Gasteiger partial charge is 0.410 e. The Balaban J connectivity index is 2.32.